The molecule has 4 nitrogen and oxygen atoms in total. The summed E-state index contributed by atoms with van der Waals surface area (Å²) in [6.45, 7) is 0.528. The van der Waals surface area contributed by atoms with Gasteiger partial charge in [-0.25, -0.2) is 0 Å². The van der Waals surface area contributed by atoms with E-state index >= 15 is 0 Å². The largest absolute Gasteiger partial charge is 0.508 e. The van der Waals surface area contributed by atoms with Gasteiger partial charge in [0.1, 0.15) is 5.75 Å². The Morgan fingerprint density at radius 1 is 1.33 bits per heavy atom. The van der Waals surface area contributed by atoms with Crippen LogP contribution in [0.5, 0.6) is 5.75 Å². The zero-order chi connectivity index (χ0) is 11.1. The molecule has 0 heterocycles. The Labute approximate surface area is 88.6 Å². The highest BCUT2D eigenvalue weighted by Crippen LogP contribution is 2.15. The molecule has 1 aromatic carbocycles. The van der Waals surface area contributed by atoms with Gasteiger partial charge in [-0.1, -0.05) is 18.2 Å². The van der Waals surface area contributed by atoms with Crippen LogP contribution >= 0.6 is 0 Å². The fraction of sp³-hybridized carbons (Fsp3) is 0.364. The molecule has 3 N–H and O–H groups in total. The summed E-state index contributed by atoms with van der Waals surface area (Å²) in [5, 5.41) is 20.6. The van der Waals surface area contributed by atoms with E-state index in [2.05, 4.69) is 5.32 Å². The molecule has 1 aromatic rings. The summed E-state index contributed by atoms with van der Waals surface area (Å²) in [5.74, 6) is -0.0141. The number of phenolic OH excluding ortho intramolecular Hbond substituents is 1. The lowest BCUT2D eigenvalue weighted by Crippen LogP contribution is -2.26. The maximum Gasteiger partial charge on any atom is 0.224 e. The number of carbonyl (C=O) groups excluding carboxylic acids is 1. The van der Waals surface area contributed by atoms with Gasteiger partial charge in [0.15, 0.2) is 0 Å². The zero-order valence-electron chi connectivity index (χ0n) is 8.44. The predicted octanol–water partition coefficient (Wildman–Crippen LogP) is 0.433. The first kappa shape index (κ1) is 11.5. The van der Waals surface area contributed by atoms with Gasteiger partial charge in [0, 0.05) is 18.7 Å². The van der Waals surface area contributed by atoms with E-state index < -0.39 is 0 Å². The summed E-state index contributed by atoms with van der Waals surface area (Å²) in [6, 6.07) is 6.75. The minimum atomic E-state index is -0.148. The standard InChI is InChI=1S/C11H15NO3/c13-7-3-6-12-11(15)8-9-4-1-2-5-10(9)14/h1-2,4-5,13-14H,3,6-8H2,(H,12,15). The number of nitrogens with one attached hydrogen (secondary N) is 1. The molecule has 0 unspecified atom stereocenters. The summed E-state index contributed by atoms with van der Waals surface area (Å²) in [5.41, 5.74) is 0.610. The van der Waals surface area contributed by atoms with Gasteiger partial charge in [0.05, 0.1) is 6.42 Å². The third kappa shape index (κ3) is 3.99. The number of benzene rings is 1. The number of carbonyl (C=O) groups is 1. The van der Waals surface area contributed by atoms with Crippen molar-refractivity contribution < 1.29 is 15.0 Å². The third-order valence-electron chi connectivity index (χ3n) is 2.00. The Morgan fingerprint density at radius 2 is 2.07 bits per heavy atom. The highest BCUT2D eigenvalue weighted by atomic mass is 16.3. The fourth-order valence-electron chi connectivity index (χ4n) is 1.20. The first-order chi connectivity index (χ1) is 7.24. The lowest BCUT2D eigenvalue weighted by atomic mass is 10.1. The van der Waals surface area contributed by atoms with Crippen LogP contribution in [0.25, 0.3) is 0 Å². The number of hydrogen-bond acceptors (Lipinski definition) is 3. The maximum absolute atomic E-state index is 11.3. The molecule has 15 heavy (non-hydrogen) atoms. The Bertz CT molecular complexity index is 325. The Balaban J connectivity index is 2.41. The monoisotopic (exact) mass is 209 g/mol. The number of aliphatic hydroxyl groups excluding tert-OH is 1. The maximum atomic E-state index is 11.3. The molecule has 0 radical (unpaired) electrons. The molecule has 0 aliphatic carbocycles. The minimum Gasteiger partial charge on any atom is -0.508 e. The van der Waals surface area contributed by atoms with Gasteiger partial charge in [0.25, 0.3) is 0 Å². The molecule has 0 spiro atoms. The number of para-hydroxylation sites is 1. The topological polar surface area (TPSA) is 69.6 Å². The number of rotatable bonds is 5. The molecule has 0 aromatic heterocycles. The van der Waals surface area contributed by atoms with Crippen LogP contribution in [-0.2, 0) is 11.2 Å². The number of aromatic hydroxyl groups is 1. The van der Waals surface area contributed by atoms with Gasteiger partial charge in [0.2, 0.25) is 5.91 Å². The molecule has 0 saturated carbocycles. The van der Waals surface area contributed by atoms with E-state index in [0.717, 1.165) is 0 Å². The average molecular weight is 209 g/mol. The van der Waals surface area contributed by atoms with Crippen molar-refractivity contribution in [2.45, 2.75) is 12.8 Å². The van der Waals surface area contributed by atoms with Crippen molar-refractivity contribution in [1.29, 1.82) is 0 Å². The van der Waals surface area contributed by atoms with Gasteiger partial charge in [-0.2, -0.15) is 0 Å². The van der Waals surface area contributed by atoms with Gasteiger partial charge in [-0.05, 0) is 12.5 Å². The second-order valence-electron chi connectivity index (χ2n) is 3.23. The molecule has 0 saturated heterocycles. The van der Waals surface area contributed by atoms with Crippen LogP contribution in [-0.4, -0.2) is 29.3 Å². The SMILES string of the molecule is O=C(Cc1ccccc1O)NCCCO. The molecule has 0 atom stereocenters. The second kappa shape index (κ2) is 6.03. The van der Waals surface area contributed by atoms with Crippen molar-refractivity contribution in [2.24, 2.45) is 0 Å². The minimum absolute atomic E-state index is 0.0663. The van der Waals surface area contributed by atoms with Gasteiger partial charge in [-0.15, -0.1) is 0 Å². The molecular formula is C11H15NO3. The van der Waals surface area contributed by atoms with E-state index in [-0.39, 0.29) is 24.7 Å². The Morgan fingerprint density at radius 3 is 2.73 bits per heavy atom. The van der Waals surface area contributed by atoms with Crippen molar-refractivity contribution >= 4 is 5.91 Å². The lowest BCUT2D eigenvalue weighted by Gasteiger charge is -2.05. The Hall–Kier alpha value is -1.55. The number of amides is 1. The normalized spacial score (nSPS) is 9.93. The van der Waals surface area contributed by atoms with Gasteiger partial charge >= 0.3 is 0 Å². The highest BCUT2D eigenvalue weighted by molar-refractivity contribution is 5.79. The molecule has 0 bridgehead atoms. The molecule has 4 heteroatoms. The number of aliphatic hydroxyl groups is 1. The van der Waals surface area contributed by atoms with Crippen LogP contribution in [0, 0.1) is 0 Å². The summed E-state index contributed by atoms with van der Waals surface area (Å²) < 4.78 is 0. The molecule has 1 amide bonds. The van der Waals surface area contributed by atoms with Crippen LogP contribution in [0.4, 0.5) is 0 Å². The van der Waals surface area contributed by atoms with Crippen molar-refractivity contribution in [3.8, 4) is 5.75 Å². The van der Waals surface area contributed by atoms with Gasteiger partial charge < -0.3 is 15.5 Å². The number of hydrogen-bond donors (Lipinski definition) is 3. The summed E-state index contributed by atoms with van der Waals surface area (Å²) in [6.07, 6.45) is 0.713. The molecule has 82 valence electrons. The number of phenols is 1. The summed E-state index contributed by atoms with van der Waals surface area (Å²) in [4.78, 5) is 11.3. The van der Waals surface area contributed by atoms with Crippen molar-refractivity contribution in [3.63, 3.8) is 0 Å². The average Bonchev–Trinajstić information content (AvgIpc) is 2.22. The zero-order valence-corrected chi connectivity index (χ0v) is 8.44. The van der Waals surface area contributed by atoms with Crippen LogP contribution in [0.15, 0.2) is 24.3 Å². The van der Waals surface area contributed by atoms with Crippen molar-refractivity contribution in [2.75, 3.05) is 13.2 Å². The lowest BCUT2D eigenvalue weighted by molar-refractivity contribution is -0.120. The highest BCUT2D eigenvalue weighted by Gasteiger charge is 2.05. The van der Waals surface area contributed by atoms with Crippen LogP contribution in [0.2, 0.25) is 0 Å². The van der Waals surface area contributed by atoms with E-state index in [1.54, 1.807) is 24.3 Å². The quantitative estimate of drug-likeness (QED) is 0.616. The molecule has 0 aliphatic heterocycles. The fourth-order valence-corrected chi connectivity index (χ4v) is 1.20. The molecule has 0 aliphatic rings. The van der Waals surface area contributed by atoms with E-state index in [1.807, 2.05) is 0 Å². The summed E-state index contributed by atoms with van der Waals surface area (Å²) >= 11 is 0. The summed E-state index contributed by atoms with van der Waals surface area (Å²) in [7, 11) is 0. The van der Waals surface area contributed by atoms with E-state index in [1.165, 1.54) is 0 Å². The van der Waals surface area contributed by atoms with Crippen molar-refractivity contribution in [1.82, 2.24) is 5.32 Å². The van der Waals surface area contributed by atoms with Crippen LogP contribution in [0.3, 0.4) is 0 Å². The Kier molecular flexibility index (Phi) is 4.63. The second-order valence-corrected chi connectivity index (χ2v) is 3.23. The van der Waals surface area contributed by atoms with Gasteiger partial charge in [-0.3, -0.25) is 4.79 Å². The van der Waals surface area contributed by atoms with E-state index in [0.29, 0.717) is 18.5 Å². The smallest absolute Gasteiger partial charge is 0.224 e. The first-order valence-corrected chi connectivity index (χ1v) is 4.88. The molecule has 1 rings (SSSR count). The van der Waals surface area contributed by atoms with E-state index in [4.69, 9.17) is 5.11 Å². The molecule has 0 fully saturated rings. The van der Waals surface area contributed by atoms with Crippen LogP contribution in [0.1, 0.15) is 12.0 Å². The van der Waals surface area contributed by atoms with E-state index in [9.17, 15) is 9.90 Å². The molecular weight excluding hydrogens is 194 g/mol. The first-order valence-electron chi connectivity index (χ1n) is 4.88. The van der Waals surface area contributed by atoms with Crippen molar-refractivity contribution in [3.05, 3.63) is 29.8 Å². The predicted molar refractivity (Wildman–Crippen MR) is 56.5 cm³/mol. The third-order valence-corrected chi connectivity index (χ3v) is 2.00. The van der Waals surface area contributed by atoms with Crippen LogP contribution < -0.4 is 5.32 Å².